The maximum absolute atomic E-state index is 13.2. The Kier molecular flexibility index (Phi) is 6.29. The van der Waals surface area contributed by atoms with Gasteiger partial charge in [0.25, 0.3) is 0 Å². The van der Waals surface area contributed by atoms with E-state index in [9.17, 15) is 17.6 Å². The number of amides is 1. The first kappa shape index (κ1) is 19.5. The monoisotopic (exact) mass is 384 g/mol. The molecular weight excluding hydrogens is 363 g/mol. The highest BCUT2D eigenvalue weighted by atomic mass is 32.2. The zero-order valence-electron chi connectivity index (χ0n) is 14.4. The number of rotatable bonds is 7. The highest BCUT2D eigenvalue weighted by molar-refractivity contribution is 7.92. The summed E-state index contributed by atoms with van der Waals surface area (Å²) < 4.78 is 38.2. The summed E-state index contributed by atoms with van der Waals surface area (Å²) in [4.78, 5) is 18.0. The van der Waals surface area contributed by atoms with Crippen LogP contribution < -0.4 is 0 Å². The standard InChI is InChI=1S/C17H21FN2O3S2/c1-4-16-19-15(10-24-16)11-25(22,23)12(2)17(21)20(3)9-13-6-5-7-14(18)8-13/h5-8,10,12H,4,9,11H2,1-3H3/t12-/m0/s1. The number of carbonyl (C=O) groups excluding carboxylic acids is 1. The van der Waals surface area contributed by atoms with E-state index in [1.54, 1.807) is 17.5 Å². The summed E-state index contributed by atoms with van der Waals surface area (Å²) in [6, 6.07) is 5.88. The molecule has 1 amide bonds. The molecule has 0 radical (unpaired) electrons. The van der Waals surface area contributed by atoms with Gasteiger partial charge in [-0.15, -0.1) is 11.3 Å². The lowest BCUT2D eigenvalue weighted by molar-refractivity contribution is -0.129. The van der Waals surface area contributed by atoms with E-state index < -0.39 is 26.8 Å². The van der Waals surface area contributed by atoms with Gasteiger partial charge in [-0.3, -0.25) is 4.79 Å². The number of thiazole rings is 1. The molecule has 0 saturated carbocycles. The Balaban J connectivity index is 2.06. The number of hydrogen-bond acceptors (Lipinski definition) is 5. The molecule has 0 N–H and O–H groups in total. The molecule has 1 atom stereocenters. The van der Waals surface area contributed by atoms with Crippen molar-refractivity contribution in [3.63, 3.8) is 0 Å². The van der Waals surface area contributed by atoms with Crippen molar-refractivity contribution in [2.75, 3.05) is 7.05 Å². The van der Waals surface area contributed by atoms with Crippen molar-refractivity contribution in [3.8, 4) is 0 Å². The van der Waals surface area contributed by atoms with Crippen LogP contribution in [0, 0.1) is 5.82 Å². The molecule has 0 aliphatic carbocycles. The smallest absolute Gasteiger partial charge is 0.240 e. The average Bonchev–Trinajstić information content (AvgIpc) is 3.00. The molecule has 25 heavy (non-hydrogen) atoms. The van der Waals surface area contributed by atoms with E-state index >= 15 is 0 Å². The maximum Gasteiger partial charge on any atom is 0.240 e. The minimum Gasteiger partial charge on any atom is -0.340 e. The maximum atomic E-state index is 13.2. The van der Waals surface area contributed by atoms with Crippen LogP contribution in [0.2, 0.25) is 0 Å². The first-order valence-corrected chi connectivity index (χ1v) is 10.5. The van der Waals surface area contributed by atoms with Gasteiger partial charge in [-0.1, -0.05) is 19.1 Å². The van der Waals surface area contributed by atoms with Crippen LogP contribution in [0.3, 0.4) is 0 Å². The normalized spacial score (nSPS) is 12.8. The fourth-order valence-electron chi connectivity index (χ4n) is 2.36. The number of halogens is 1. The molecule has 1 aromatic carbocycles. The number of aryl methyl sites for hydroxylation is 1. The van der Waals surface area contributed by atoms with Gasteiger partial charge >= 0.3 is 0 Å². The van der Waals surface area contributed by atoms with Crippen molar-refractivity contribution >= 4 is 27.1 Å². The Morgan fingerprint density at radius 3 is 2.72 bits per heavy atom. The van der Waals surface area contributed by atoms with Crippen LogP contribution in [-0.2, 0) is 33.4 Å². The lowest BCUT2D eigenvalue weighted by atomic mass is 10.2. The predicted octanol–water partition coefficient (Wildman–Crippen LogP) is 2.81. The van der Waals surface area contributed by atoms with Crippen LogP contribution >= 0.6 is 11.3 Å². The van der Waals surface area contributed by atoms with E-state index in [1.807, 2.05) is 6.92 Å². The van der Waals surface area contributed by atoms with E-state index in [2.05, 4.69) is 4.98 Å². The highest BCUT2D eigenvalue weighted by Gasteiger charge is 2.31. The van der Waals surface area contributed by atoms with Crippen molar-refractivity contribution in [2.24, 2.45) is 0 Å². The molecule has 0 spiro atoms. The van der Waals surface area contributed by atoms with Crippen LogP contribution in [0.1, 0.15) is 30.1 Å². The van der Waals surface area contributed by atoms with Gasteiger partial charge < -0.3 is 4.90 Å². The Morgan fingerprint density at radius 2 is 2.12 bits per heavy atom. The molecule has 2 rings (SSSR count). The fourth-order valence-corrected chi connectivity index (χ4v) is 4.51. The van der Waals surface area contributed by atoms with E-state index in [-0.39, 0.29) is 12.3 Å². The van der Waals surface area contributed by atoms with E-state index in [4.69, 9.17) is 0 Å². The molecule has 136 valence electrons. The summed E-state index contributed by atoms with van der Waals surface area (Å²) in [7, 11) is -2.16. The van der Waals surface area contributed by atoms with Crippen molar-refractivity contribution in [2.45, 2.75) is 37.8 Å². The first-order valence-electron chi connectivity index (χ1n) is 7.87. The van der Waals surface area contributed by atoms with Crippen LogP contribution in [0.15, 0.2) is 29.6 Å². The van der Waals surface area contributed by atoms with E-state index in [0.29, 0.717) is 11.3 Å². The summed E-state index contributed by atoms with van der Waals surface area (Å²) in [5.41, 5.74) is 1.07. The Hall–Kier alpha value is -1.80. The summed E-state index contributed by atoms with van der Waals surface area (Å²) >= 11 is 1.41. The van der Waals surface area contributed by atoms with Gasteiger partial charge in [-0.25, -0.2) is 17.8 Å². The zero-order valence-corrected chi connectivity index (χ0v) is 16.0. The number of carbonyl (C=O) groups is 1. The largest absolute Gasteiger partial charge is 0.340 e. The second-order valence-electron chi connectivity index (χ2n) is 5.86. The van der Waals surface area contributed by atoms with Gasteiger partial charge in [0.05, 0.1) is 16.5 Å². The second-order valence-corrected chi connectivity index (χ2v) is 9.12. The molecule has 8 heteroatoms. The van der Waals surface area contributed by atoms with Crippen LogP contribution in [0.5, 0.6) is 0 Å². The average molecular weight is 384 g/mol. The second kappa shape index (κ2) is 8.05. The molecule has 0 aliphatic heterocycles. The van der Waals surface area contributed by atoms with Gasteiger partial charge in [0, 0.05) is 19.0 Å². The number of sulfone groups is 1. The van der Waals surface area contributed by atoms with Gasteiger partial charge in [0.1, 0.15) is 11.1 Å². The minimum absolute atomic E-state index is 0.146. The quantitative estimate of drug-likeness (QED) is 0.736. The predicted molar refractivity (Wildman–Crippen MR) is 96.5 cm³/mol. The fraction of sp³-hybridized carbons (Fsp3) is 0.412. The van der Waals surface area contributed by atoms with Gasteiger partial charge in [0.2, 0.25) is 5.91 Å². The summed E-state index contributed by atoms with van der Waals surface area (Å²) in [6.07, 6.45) is 0.746. The third-order valence-corrected chi connectivity index (χ3v) is 6.84. The Labute approximate surface area is 151 Å². The topological polar surface area (TPSA) is 67.3 Å². The molecule has 1 heterocycles. The molecule has 2 aromatic rings. The molecule has 0 unspecified atom stereocenters. The lowest BCUT2D eigenvalue weighted by Gasteiger charge is -2.21. The van der Waals surface area contributed by atoms with Crippen molar-refractivity contribution in [1.82, 2.24) is 9.88 Å². The molecule has 0 saturated heterocycles. The highest BCUT2D eigenvalue weighted by Crippen LogP contribution is 2.17. The number of aromatic nitrogens is 1. The third kappa shape index (κ3) is 5.09. The summed E-state index contributed by atoms with van der Waals surface area (Å²) in [5.74, 6) is -1.17. The van der Waals surface area contributed by atoms with E-state index in [0.717, 1.165) is 11.4 Å². The molecule has 0 fully saturated rings. The van der Waals surface area contributed by atoms with Gasteiger partial charge in [-0.05, 0) is 31.0 Å². The zero-order chi connectivity index (χ0) is 18.6. The Bertz CT molecular complexity index is 849. The molecule has 0 aliphatic rings. The molecule has 0 bridgehead atoms. The van der Waals surface area contributed by atoms with Crippen LogP contribution in [0.25, 0.3) is 0 Å². The molecule has 5 nitrogen and oxygen atoms in total. The minimum atomic E-state index is -3.67. The van der Waals surface area contributed by atoms with Crippen molar-refractivity contribution in [1.29, 1.82) is 0 Å². The van der Waals surface area contributed by atoms with Gasteiger partial charge in [0.15, 0.2) is 9.84 Å². The number of benzene rings is 1. The lowest BCUT2D eigenvalue weighted by Crippen LogP contribution is -2.39. The first-order chi connectivity index (χ1) is 11.7. The number of nitrogens with zero attached hydrogens (tertiary/aromatic N) is 2. The summed E-state index contributed by atoms with van der Waals surface area (Å²) in [6.45, 7) is 3.48. The third-order valence-electron chi connectivity index (χ3n) is 3.82. The SMILES string of the molecule is CCc1nc(CS(=O)(=O)[C@@H](C)C(=O)N(C)Cc2cccc(F)c2)cs1. The molecular formula is C17H21FN2O3S2. The van der Waals surface area contributed by atoms with Crippen molar-refractivity contribution in [3.05, 3.63) is 51.7 Å². The Morgan fingerprint density at radius 1 is 1.40 bits per heavy atom. The van der Waals surface area contributed by atoms with Crippen LogP contribution in [0.4, 0.5) is 4.39 Å². The number of hydrogen-bond donors (Lipinski definition) is 0. The van der Waals surface area contributed by atoms with Gasteiger partial charge in [-0.2, -0.15) is 0 Å². The molecule has 1 aromatic heterocycles. The van der Waals surface area contributed by atoms with Crippen molar-refractivity contribution < 1.29 is 17.6 Å². The van der Waals surface area contributed by atoms with E-state index in [1.165, 1.54) is 42.3 Å². The van der Waals surface area contributed by atoms with Crippen LogP contribution in [-0.4, -0.2) is 36.5 Å². The summed E-state index contributed by atoms with van der Waals surface area (Å²) in [5, 5.41) is 1.40.